The van der Waals surface area contributed by atoms with Crippen molar-refractivity contribution in [2.75, 3.05) is 18.1 Å². The smallest absolute Gasteiger partial charge is 0.325 e. The van der Waals surface area contributed by atoms with Gasteiger partial charge < -0.3 is 5.32 Å². The van der Waals surface area contributed by atoms with Crippen molar-refractivity contribution < 1.29 is 26.4 Å². The highest BCUT2D eigenvalue weighted by Crippen LogP contribution is 2.31. The van der Waals surface area contributed by atoms with Gasteiger partial charge in [-0.15, -0.1) is 0 Å². The number of nitrogens with one attached hydrogen (secondary N) is 1. The molecule has 1 N–H and O–H groups in total. The first-order chi connectivity index (χ1) is 10.6. The van der Waals surface area contributed by atoms with Crippen molar-refractivity contribution in [1.82, 2.24) is 4.31 Å². The van der Waals surface area contributed by atoms with Crippen LogP contribution in [0.4, 0.5) is 18.9 Å². The maximum atomic E-state index is 12.7. The number of nitrogens with zero attached hydrogens (tertiary/aromatic N) is 1. The highest BCUT2D eigenvalue weighted by molar-refractivity contribution is 7.88. The minimum atomic E-state index is -4.51. The van der Waals surface area contributed by atoms with Crippen LogP contribution in [0.5, 0.6) is 0 Å². The molecule has 0 bridgehead atoms. The molecule has 128 valence electrons. The van der Waals surface area contributed by atoms with E-state index in [0.717, 1.165) is 22.7 Å². The van der Waals surface area contributed by atoms with E-state index in [-0.39, 0.29) is 12.2 Å². The Balaban J connectivity index is 2.18. The number of piperidine rings is 1. The maximum Gasteiger partial charge on any atom is 0.416 e. The molecule has 0 radical (unpaired) electrons. The highest BCUT2D eigenvalue weighted by Gasteiger charge is 2.35. The van der Waals surface area contributed by atoms with Crippen LogP contribution in [-0.4, -0.2) is 37.5 Å². The summed E-state index contributed by atoms with van der Waals surface area (Å²) in [6, 6.07) is 3.35. The number of carbonyl (C=O) groups is 1. The zero-order chi connectivity index (χ0) is 17.3. The molecular weight excluding hydrogens is 333 g/mol. The van der Waals surface area contributed by atoms with Crippen LogP contribution in [0, 0.1) is 0 Å². The van der Waals surface area contributed by atoms with Crippen molar-refractivity contribution in [2.45, 2.75) is 31.5 Å². The van der Waals surface area contributed by atoms with Gasteiger partial charge in [-0.2, -0.15) is 17.5 Å². The summed E-state index contributed by atoms with van der Waals surface area (Å²) in [6.07, 6.45) is -1.81. The summed E-state index contributed by atoms with van der Waals surface area (Å²) in [4.78, 5) is 12.3. The summed E-state index contributed by atoms with van der Waals surface area (Å²) >= 11 is 0. The predicted molar refractivity (Wildman–Crippen MR) is 79.3 cm³/mol. The Morgan fingerprint density at radius 1 is 1.30 bits per heavy atom. The fraction of sp³-hybridized carbons (Fsp3) is 0.500. The number of halogens is 3. The summed E-state index contributed by atoms with van der Waals surface area (Å²) in [5, 5.41) is 2.38. The molecule has 0 saturated carbocycles. The Kier molecular flexibility index (Phi) is 5.00. The fourth-order valence-electron chi connectivity index (χ4n) is 2.56. The molecule has 1 heterocycles. The van der Waals surface area contributed by atoms with Gasteiger partial charge >= 0.3 is 6.18 Å². The number of hydrogen-bond acceptors (Lipinski definition) is 3. The Hall–Kier alpha value is -1.61. The minimum Gasteiger partial charge on any atom is -0.325 e. The normalized spacial score (nSPS) is 20.3. The van der Waals surface area contributed by atoms with Gasteiger partial charge in [-0.3, -0.25) is 4.79 Å². The number of hydrogen-bond donors (Lipinski definition) is 1. The maximum absolute atomic E-state index is 12.7. The van der Waals surface area contributed by atoms with E-state index in [4.69, 9.17) is 0 Å². The van der Waals surface area contributed by atoms with Crippen molar-refractivity contribution in [1.29, 1.82) is 0 Å². The van der Waals surface area contributed by atoms with E-state index in [1.807, 2.05) is 0 Å². The first-order valence-electron chi connectivity index (χ1n) is 7.04. The van der Waals surface area contributed by atoms with Crippen LogP contribution in [-0.2, 0) is 21.0 Å². The average Bonchev–Trinajstić information content (AvgIpc) is 2.46. The molecule has 1 aliphatic heterocycles. The van der Waals surface area contributed by atoms with E-state index in [9.17, 15) is 26.4 Å². The molecule has 1 fully saturated rings. The summed E-state index contributed by atoms with van der Waals surface area (Å²) in [5.74, 6) is -0.616. The molecule has 0 aliphatic carbocycles. The Morgan fingerprint density at radius 3 is 2.61 bits per heavy atom. The lowest BCUT2D eigenvalue weighted by molar-refractivity contribution is -0.137. The van der Waals surface area contributed by atoms with Crippen LogP contribution in [0.2, 0.25) is 0 Å². The quantitative estimate of drug-likeness (QED) is 0.911. The number of amides is 1. The molecular formula is C14H17F3N2O3S. The monoisotopic (exact) mass is 350 g/mol. The third-order valence-corrected chi connectivity index (χ3v) is 4.93. The first kappa shape index (κ1) is 17.7. The van der Waals surface area contributed by atoms with Crippen LogP contribution in [0.1, 0.15) is 24.8 Å². The van der Waals surface area contributed by atoms with Gasteiger partial charge in [0.2, 0.25) is 15.9 Å². The van der Waals surface area contributed by atoms with Gasteiger partial charge in [-0.1, -0.05) is 12.5 Å². The molecule has 2 rings (SSSR count). The summed E-state index contributed by atoms with van der Waals surface area (Å²) < 4.78 is 62.6. The van der Waals surface area contributed by atoms with Gasteiger partial charge in [0.1, 0.15) is 6.04 Å². The predicted octanol–water partition coefficient (Wildman–Crippen LogP) is 2.46. The molecule has 1 aromatic carbocycles. The zero-order valence-corrected chi connectivity index (χ0v) is 13.2. The van der Waals surface area contributed by atoms with Crippen LogP contribution >= 0.6 is 0 Å². The summed E-state index contributed by atoms with van der Waals surface area (Å²) in [6.45, 7) is 0.236. The second-order valence-electron chi connectivity index (χ2n) is 5.45. The van der Waals surface area contributed by atoms with Crippen molar-refractivity contribution in [3.05, 3.63) is 29.8 Å². The van der Waals surface area contributed by atoms with Crippen molar-refractivity contribution >= 4 is 21.6 Å². The van der Waals surface area contributed by atoms with Crippen molar-refractivity contribution in [2.24, 2.45) is 0 Å². The van der Waals surface area contributed by atoms with Gasteiger partial charge in [0.05, 0.1) is 11.8 Å². The van der Waals surface area contributed by atoms with Gasteiger partial charge in [-0.25, -0.2) is 8.42 Å². The zero-order valence-electron chi connectivity index (χ0n) is 12.4. The van der Waals surface area contributed by atoms with E-state index < -0.39 is 33.7 Å². The lowest BCUT2D eigenvalue weighted by Crippen LogP contribution is -2.49. The number of rotatable bonds is 3. The molecule has 9 heteroatoms. The molecule has 1 amide bonds. The second kappa shape index (κ2) is 6.48. The summed E-state index contributed by atoms with van der Waals surface area (Å²) in [5.41, 5.74) is -0.886. The Bertz CT molecular complexity index is 689. The van der Waals surface area contributed by atoms with Crippen LogP contribution < -0.4 is 5.32 Å². The van der Waals surface area contributed by atoms with Gasteiger partial charge in [0.25, 0.3) is 0 Å². The topological polar surface area (TPSA) is 66.5 Å². The van der Waals surface area contributed by atoms with E-state index in [1.165, 1.54) is 12.1 Å². The van der Waals surface area contributed by atoms with Crippen LogP contribution in [0.25, 0.3) is 0 Å². The van der Waals surface area contributed by atoms with Crippen molar-refractivity contribution in [3.8, 4) is 0 Å². The molecule has 23 heavy (non-hydrogen) atoms. The van der Waals surface area contributed by atoms with E-state index in [2.05, 4.69) is 5.32 Å². The third kappa shape index (κ3) is 4.44. The fourth-order valence-corrected chi connectivity index (χ4v) is 3.69. The number of alkyl halides is 3. The first-order valence-corrected chi connectivity index (χ1v) is 8.89. The molecule has 1 aromatic rings. The van der Waals surface area contributed by atoms with Crippen LogP contribution in [0.15, 0.2) is 24.3 Å². The SMILES string of the molecule is CS(=O)(=O)N1CCCCC1C(=O)Nc1cccc(C(F)(F)F)c1. The number of carbonyl (C=O) groups excluding carboxylic acids is 1. The molecule has 5 nitrogen and oxygen atoms in total. The lowest BCUT2D eigenvalue weighted by Gasteiger charge is -2.32. The van der Waals surface area contributed by atoms with Gasteiger partial charge in [0, 0.05) is 12.2 Å². The van der Waals surface area contributed by atoms with E-state index in [0.29, 0.717) is 19.3 Å². The van der Waals surface area contributed by atoms with E-state index >= 15 is 0 Å². The highest BCUT2D eigenvalue weighted by atomic mass is 32.2. The van der Waals surface area contributed by atoms with Crippen LogP contribution in [0.3, 0.4) is 0 Å². The summed E-state index contributed by atoms with van der Waals surface area (Å²) in [7, 11) is -3.55. The number of anilines is 1. The minimum absolute atomic E-state index is 0.0103. The second-order valence-corrected chi connectivity index (χ2v) is 7.39. The van der Waals surface area contributed by atoms with Crippen molar-refractivity contribution in [3.63, 3.8) is 0 Å². The number of benzene rings is 1. The average molecular weight is 350 g/mol. The molecule has 0 spiro atoms. The largest absolute Gasteiger partial charge is 0.416 e. The molecule has 1 aliphatic rings. The molecule has 0 aromatic heterocycles. The van der Waals surface area contributed by atoms with Gasteiger partial charge in [-0.05, 0) is 31.0 Å². The lowest BCUT2D eigenvalue weighted by atomic mass is 10.0. The molecule has 1 saturated heterocycles. The Labute approximate surface area is 132 Å². The van der Waals surface area contributed by atoms with Gasteiger partial charge in [0.15, 0.2) is 0 Å². The molecule has 1 unspecified atom stereocenters. The standard InChI is InChI=1S/C14H17F3N2O3S/c1-23(21,22)19-8-3-2-7-12(19)13(20)18-11-6-4-5-10(9-11)14(15,16)17/h4-6,9,12H,2-3,7-8H2,1H3,(H,18,20). The third-order valence-electron chi connectivity index (χ3n) is 3.64. The number of sulfonamides is 1. The van der Waals surface area contributed by atoms with E-state index in [1.54, 1.807) is 0 Å². The molecule has 1 atom stereocenters. The Morgan fingerprint density at radius 2 is 2.00 bits per heavy atom.